The van der Waals surface area contributed by atoms with Gasteiger partial charge in [0.2, 0.25) is 11.8 Å². The first-order valence-electron chi connectivity index (χ1n) is 13.3. The Labute approximate surface area is 229 Å². The molecule has 0 aromatic heterocycles. The Balaban J connectivity index is 1.81. The molecule has 2 amide bonds. The zero-order valence-electron chi connectivity index (χ0n) is 22.3. The molecular formula is C31H37N5O3. The Morgan fingerprint density at radius 1 is 0.923 bits per heavy atom. The van der Waals surface area contributed by atoms with E-state index in [2.05, 4.69) is 5.32 Å². The molecule has 3 aromatic rings. The molecular weight excluding hydrogens is 490 g/mol. The summed E-state index contributed by atoms with van der Waals surface area (Å²) in [5, 5.41) is 10.2. The van der Waals surface area contributed by atoms with Gasteiger partial charge in [-0.25, -0.2) is 0 Å². The maximum absolute atomic E-state index is 14.8. The lowest BCUT2D eigenvalue weighted by molar-refractivity contribution is -0.144. The average Bonchev–Trinajstić information content (AvgIpc) is 3.78. The van der Waals surface area contributed by atoms with E-state index in [1.165, 1.54) is 0 Å². The highest BCUT2D eigenvalue weighted by Gasteiger charge is 2.45. The van der Waals surface area contributed by atoms with E-state index >= 15 is 0 Å². The third-order valence-electron chi connectivity index (χ3n) is 7.23. The van der Waals surface area contributed by atoms with Crippen molar-refractivity contribution >= 4 is 17.8 Å². The zero-order valence-corrected chi connectivity index (χ0v) is 22.3. The van der Waals surface area contributed by atoms with Gasteiger partial charge in [0.1, 0.15) is 11.8 Å². The van der Waals surface area contributed by atoms with Crippen molar-refractivity contribution in [1.29, 1.82) is 5.41 Å². The van der Waals surface area contributed by atoms with Crippen molar-refractivity contribution in [3.63, 3.8) is 0 Å². The van der Waals surface area contributed by atoms with Gasteiger partial charge in [-0.15, -0.1) is 0 Å². The van der Waals surface area contributed by atoms with E-state index in [4.69, 9.17) is 21.6 Å². The molecule has 0 heterocycles. The van der Waals surface area contributed by atoms with Gasteiger partial charge in [-0.2, -0.15) is 0 Å². The number of nitrogens with two attached hydrogens (primary N) is 2. The first-order chi connectivity index (χ1) is 18.9. The SMILES string of the molecule is COc1ccc([C@@H](C2CC2)N(C(=O)C(c2ccccc2)c2ccccc2)[C@H](CCCNC(=N)N)C(N)=O)cc1. The summed E-state index contributed by atoms with van der Waals surface area (Å²) in [5.41, 5.74) is 14.1. The number of ether oxygens (including phenoxy) is 1. The predicted octanol–water partition coefficient (Wildman–Crippen LogP) is 3.92. The second kappa shape index (κ2) is 13.0. The summed E-state index contributed by atoms with van der Waals surface area (Å²) in [4.78, 5) is 29.6. The van der Waals surface area contributed by atoms with Gasteiger partial charge in [0, 0.05) is 6.54 Å². The molecule has 4 rings (SSSR count). The van der Waals surface area contributed by atoms with Crippen LogP contribution in [0.2, 0.25) is 0 Å². The minimum atomic E-state index is -0.839. The first-order valence-corrected chi connectivity index (χ1v) is 13.3. The molecule has 0 bridgehead atoms. The molecule has 0 aliphatic heterocycles. The first kappa shape index (κ1) is 27.7. The van der Waals surface area contributed by atoms with Crippen LogP contribution in [0.1, 0.15) is 54.3 Å². The van der Waals surface area contributed by atoms with Crippen LogP contribution in [0, 0.1) is 11.3 Å². The number of guanidine groups is 1. The van der Waals surface area contributed by atoms with Crippen molar-refractivity contribution in [1.82, 2.24) is 10.2 Å². The third kappa shape index (κ3) is 6.96. The van der Waals surface area contributed by atoms with Crippen LogP contribution >= 0.6 is 0 Å². The molecule has 1 fully saturated rings. The van der Waals surface area contributed by atoms with E-state index in [-0.39, 0.29) is 23.8 Å². The monoisotopic (exact) mass is 527 g/mol. The van der Waals surface area contributed by atoms with Crippen LogP contribution in [0.15, 0.2) is 84.9 Å². The van der Waals surface area contributed by atoms with E-state index in [0.29, 0.717) is 19.4 Å². The quantitative estimate of drug-likeness (QED) is 0.152. The number of primary amides is 1. The summed E-state index contributed by atoms with van der Waals surface area (Å²) in [6.07, 6.45) is 2.77. The number of hydrogen-bond donors (Lipinski definition) is 4. The van der Waals surface area contributed by atoms with E-state index in [0.717, 1.165) is 35.3 Å². The minimum Gasteiger partial charge on any atom is -0.497 e. The van der Waals surface area contributed by atoms with Gasteiger partial charge in [0.25, 0.3) is 0 Å². The zero-order chi connectivity index (χ0) is 27.8. The van der Waals surface area contributed by atoms with Gasteiger partial charge >= 0.3 is 0 Å². The van der Waals surface area contributed by atoms with E-state index in [1.54, 1.807) is 12.0 Å². The summed E-state index contributed by atoms with van der Waals surface area (Å²) in [6.45, 7) is 0.401. The molecule has 1 aliphatic carbocycles. The van der Waals surface area contributed by atoms with Crippen LogP contribution in [0.5, 0.6) is 5.75 Å². The maximum atomic E-state index is 14.8. The number of methoxy groups -OCH3 is 1. The highest BCUT2D eigenvalue weighted by molar-refractivity contribution is 5.92. The van der Waals surface area contributed by atoms with Crippen LogP contribution in [0.4, 0.5) is 0 Å². The summed E-state index contributed by atoms with van der Waals surface area (Å²) >= 11 is 0. The lowest BCUT2D eigenvalue weighted by Crippen LogP contribution is -2.52. The molecule has 6 N–H and O–H groups in total. The van der Waals surface area contributed by atoms with Crippen molar-refractivity contribution in [2.75, 3.05) is 13.7 Å². The molecule has 0 saturated heterocycles. The van der Waals surface area contributed by atoms with E-state index in [9.17, 15) is 9.59 Å². The molecule has 2 atom stereocenters. The Morgan fingerprint density at radius 2 is 1.49 bits per heavy atom. The summed E-state index contributed by atoms with van der Waals surface area (Å²) in [5.74, 6) is -0.523. The molecule has 0 unspecified atom stereocenters. The van der Waals surface area contributed by atoms with E-state index in [1.807, 2.05) is 84.9 Å². The number of rotatable bonds is 13. The van der Waals surface area contributed by atoms with Crippen molar-refractivity contribution in [2.45, 2.75) is 43.7 Å². The Bertz CT molecular complexity index is 1210. The maximum Gasteiger partial charge on any atom is 0.240 e. The Hall–Kier alpha value is -4.33. The van der Waals surface area contributed by atoms with Gasteiger partial charge in [-0.05, 0) is 60.4 Å². The van der Waals surface area contributed by atoms with Crippen molar-refractivity contribution in [3.8, 4) is 5.75 Å². The molecule has 0 spiro atoms. The second-order valence-corrected chi connectivity index (χ2v) is 9.96. The lowest BCUT2D eigenvalue weighted by Gasteiger charge is -2.40. The van der Waals surface area contributed by atoms with Gasteiger partial charge < -0.3 is 26.4 Å². The molecule has 8 heteroatoms. The smallest absolute Gasteiger partial charge is 0.240 e. The normalized spacial score (nSPS) is 14.3. The highest BCUT2D eigenvalue weighted by atomic mass is 16.5. The largest absolute Gasteiger partial charge is 0.497 e. The van der Waals surface area contributed by atoms with Crippen LogP contribution < -0.4 is 21.5 Å². The number of nitrogens with zero attached hydrogens (tertiary/aromatic N) is 1. The van der Waals surface area contributed by atoms with Gasteiger partial charge in [0.15, 0.2) is 5.96 Å². The summed E-state index contributed by atoms with van der Waals surface area (Å²) in [6, 6.07) is 25.9. The van der Waals surface area contributed by atoms with Crippen molar-refractivity contribution in [2.24, 2.45) is 17.4 Å². The van der Waals surface area contributed by atoms with Gasteiger partial charge in [0.05, 0.1) is 19.1 Å². The minimum absolute atomic E-state index is 0.138. The fourth-order valence-electron chi connectivity index (χ4n) is 5.21. The van der Waals surface area contributed by atoms with Gasteiger partial charge in [-0.3, -0.25) is 15.0 Å². The fourth-order valence-corrected chi connectivity index (χ4v) is 5.21. The average molecular weight is 528 g/mol. The summed E-state index contributed by atoms with van der Waals surface area (Å²) in [7, 11) is 1.62. The summed E-state index contributed by atoms with van der Waals surface area (Å²) < 4.78 is 5.37. The Kier molecular flexibility index (Phi) is 9.20. The predicted molar refractivity (Wildman–Crippen MR) is 152 cm³/mol. The van der Waals surface area contributed by atoms with Crippen molar-refractivity contribution < 1.29 is 14.3 Å². The number of benzene rings is 3. The molecule has 3 aromatic carbocycles. The molecule has 8 nitrogen and oxygen atoms in total. The number of amides is 2. The molecule has 0 radical (unpaired) electrons. The fraction of sp³-hybridized carbons (Fsp3) is 0.323. The van der Waals surface area contributed by atoms with E-state index < -0.39 is 17.9 Å². The lowest BCUT2D eigenvalue weighted by atomic mass is 9.87. The number of carbonyl (C=O) groups excluding carboxylic acids is 2. The number of hydrogen-bond acceptors (Lipinski definition) is 4. The molecule has 39 heavy (non-hydrogen) atoms. The Morgan fingerprint density at radius 3 is 1.95 bits per heavy atom. The van der Waals surface area contributed by atoms with Gasteiger partial charge in [-0.1, -0.05) is 72.8 Å². The van der Waals surface area contributed by atoms with Crippen LogP contribution in [0.25, 0.3) is 0 Å². The number of nitrogens with one attached hydrogen (secondary N) is 2. The standard InChI is InChI=1S/C31H37N5O3/c1-39-25-18-16-24(17-19-25)28(23-14-15-23)36(26(29(32)37)13-8-20-35-31(33)34)30(38)27(21-9-4-2-5-10-21)22-11-6-3-7-12-22/h2-7,9-12,16-19,23,26-28H,8,13-15,20H2,1H3,(H2,32,37)(H4,33,34,35)/t26-,28-/m1/s1. The third-order valence-corrected chi connectivity index (χ3v) is 7.23. The van der Waals surface area contributed by atoms with Crippen LogP contribution in [0.3, 0.4) is 0 Å². The topological polar surface area (TPSA) is 135 Å². The number of carbonyl (C=O) groups is 2. The second-order valence-electron chi connectivity index (χ2n) is 9.96. The van der Waals surface area contributed by atoms with Crippen molar-refractivity contribution in [3.05, 3.63) is 102 Å². The van der Waals surface area contributed by atoms with Crippen LogP contribution in [-0.4, -0.2) is 42.4 Å². The molecule has 1 saturated carbocycles. The van der Waals surface area contributed by atoms with Crippen LogP contribution in [-0.2, 0) is 9.59 Å². The highest BCUT2D eigenvalue weighted by Crippen LogP contribution is 2.47. The molecule has 204 valence electrons. The molecule has 1 aliphatic rings.